The molecule has 0 atom stereocenters. The molecule has 4 aromatic rings. The minimum absolute atomic E-state index is 0. The minimum atomic E-state index is -0.444. The zero-order chi connectivity index (χ0) is 23.8. The Balaban J connectivity index is 0.000000357. The standard InChI is InChI=1S/C24H17FN.C5H8O2.Ir/c1-24(2)19-12-6-10-16-18(15-8-4-3-5-9-15)14-26-23(21(16)19)17-11-7-13-20(25)22(17)24;1-4(6)3-5(2)7;/h3-10,12-14H,1-2H3;3,6H,1-2H3;/q-1;;. The zero-order valence-electron chi connectivity index (χ0n) is 19.4. The Labute approximate surface area is 212 Å². The van der Waals surface area contributed by atoms with Crippen LogP contribution in [0.25, 0.3) is 33.2 Å². The average Bonchev–Trinajstić information content (AvgIpc) is 2.77. The third-order valence-electron chi connectivity index (χ3n) is 5.89. The average molecular weight is 631 g/mol. The largest absolute Gasteiger partial charge is 0.512 e. The summed E-state index contributed by atoms with van der Waals surface area (Å²) in [5.41, 5.74) is 5.18. The molecule has 1 aromatic heterocycles. The Hall–Kier alpha value is -3.14. The molecule has 1 aliphatic rings. The van der Waals surface area contributed by atoms with E-state index >= 15 is 0 Å². The second kappa shape index (κ2) is 10.0. The van der Waals surface area contributed by atoms with Crippen LogP contribution in [0.4, 0.5) is 4.39 Å². The van der Waals surface area contributed by atoms with Crippen molar-refractivity contribution in [3.05, 3.63) is 102 Å². The third kappa shape index (κ3) is 4.59. The SMILES string of the molecule is CC(=O)C=C(C)O.CC1(C)c2c([c-]ccc2F)-c2ncc(-c3ccccc3)c3cccc1c23.[Ir]. The molecule has 3 nitrogen and oxygen atoms in total. The first kappa shape index (κ1) is 25.5. The van der Waals surface area contributed by atoms with Crippen molar-refractivity contribution >= 4 is 16.6 Å². The quantitative estimate of drug-likeness (QED) is 0.145. The van der Waals surface area contributed by atoms with Crippen LogP contribution < -0.4 is 0 Å². The van der Waals surface area contributed by atoms with Crippen LogP contribution in [0.5, 0.6) is 0 Å². The van der Waals surface area contributed by atoms with Crippen molar-refractivity contribution in [2.75, 3.05) is 0 Å². The van der Waals surface area contributed by atoms with Crippen molar-refractivity contribution in [3.8, 4) is 22.4 Å². The van der Waals surface area contributed by atoms with Gasteiger partial charge >= 0.3 is 0 Å². The molecule has 1 N–H and O–H groups in total. The Kier molecular flexibility index (Phi) is 7.50. The fourth-order valence-corrected chi connectivity index (χ4v) is 4.55. The molecular weight excluding hydrogens is 606 g/mol. The number of allylic oxidation sites excluding steroid dienone is 2. The molecule has 0 saturated heterocycles. The maximum Gasteiger partial charge on any atom is 0.155 e. The van der Waals surface area contributed by atoms with E-state index in [1.54, 1.807) is 6.07 Å². The number of aliphatic hydroxyl groups is 1. The van der Waals surface area contributed by atoms with E-state index in [2.05, 4.69) is 50.2 Å². The van der Waals surface area contributed by atoms with Crippen molar-refractivity contribution in [1.29, 1.82) is 0 Å². The van der Waals surface area contributed by atoms with Crippen LogP contribution in [0.3, 0.4) is 0 Å². The van der Waals surface area contributed by atoms with Crippen LogP contribution in [-0.4, -0.2) is 15.9 Å². The van der Waals surface area contributed by atoms with Crippen molar-refractivity contribution in [2.45, 2.75) is 33.1 Å². The number of carbonyl (C=O) groups excluding carboxylic acids is 1. The second-order valence-corrected chi connectivity index (χ2v) is 8.71. The molecule has 0 unspecified atom stereocenters. The summed E-state index contributed by atoms with van der Waals surface area (Å²) in [7, 11) is 0. The Bertz CT molecular complexity index is 1390. The summed E-state index contributed by atoms with van der Waals surface area (Å²) in [5.74, 6) is -0.257. The first-order chi connectivity index (χ1) is 15.7. The van der Waals surface area contributed by atoms with Crippen LogP contribution >= 0.6 is 0 Å². The van der Waals surface area contributed by atoms with Gasteiger partial charge in [0.2, 0.25) is 0 Å². The number of aliphatic hydroxyl groups excluding tert-OH is 1. The molecule has 175 valence electrons. The van der Waals surface area contributed by atoms with Gasteiger partial charge in [0.1, 0.15) is 0 Å². The molecule has 1 radical (unpaired) electrons. The Morgan fingerprint density at radius 2 is 1.76 bits per heavy atom. The number of rotatable bonds is 2. The molecule has 0 amide bonds. The van der Waals surface area contributed by atoms with Gasteiger partial charge in [0.25, 0.3) is 0 Å². The number of hydrogen-bond donors (Lipinski definition) is 1. The summed E-state index contributed by atoms with van der Waals surface area (Å²) in [4.78, 5) is 14.8. The third-order valence-corrected chi connectivity index (χ3v) is 5.89. The normalized spacial score (nSPS) is 13.3. The molecule has 34 heavy (non-hydrogen) atoms. The van der Waals surface area contributed by atoms with Crippen LogP contribution in [0.2, 0.25) is 0 Å². The van der Waals surface area contributed by atoms with Crippen molar-refractivity contribution < 1.29 is 34.4 Å². The van der Waals surface area contributed by atoms with E-state index < -0.39 is 5.41 Å². The monoisotopic (exact) mass is 631 g/mol. The van der Waals surface area contributed by atoms with Crippen LogP contribution in [0.1, 0.15) is 38.8 Å². The first-order valence-electron chi connectivity index (χ1n) is 10.8. The number of pyridine rings is 1. The fraction of sp³-hybridized carbons (Fsp3) is 0.172. The summed E-state index contributed by atoms with van der Waals surface area (Å²) in [6.07, 6.45) is 3.07. The number of fused-ring (bicyclic) bond motifs is 2. The number of hydrogen-bond acceptors (Lipinski definition) is 3. The van der Waals surface area contributed by atoms with Gasteiger partial charge in [-0.3, -0.25) is 4.79 Å². The van der Waals surface area contributed by atoms with E-state index in [4.69, 9.17) is 10.1 Å². The molecule has 3 aromatic carbocycles. The van der Waals surface area contributed by atoms with Crippen LogP contribution in [-0.2, 0) is 30.3 Å². The van der Waals surface area contributed by atoms with E-state index in [-0.39, 0.29) is 37.5 Å². The zero-order valence-corrected chi connectivity index (χ0v) is 21.8. The summed E-state index contributed by atoms with van der Waals surface area (Å²) < 4.78 is 14.7. The van der Waals surface area contributed by atoms with Crippen LogP contribution in [0.15, 0.2) is 78.7 Å². The summed E-state index contributed by atoms with van der Waals surface area (Å²) >= 11 is 0. The number of halogens is 1. The molecule has 0 aliphatic heterocycles. The van der Waals surface area contributed by atoms with Crippen molar-refractivity contribution in [2.24, 2.45) is 0 Å². The molecule has 1 heterocycles. The Morgan fingerprint density at radius 1 is 1.06 bits per heavy atom. The molecule has 5 heteroatoms. The molecule has 0 bridgehead atoms. The summed E-state index contributed by atoms with van der Waals surface area (Å²) in [6.45, 7) is 7.01. The smallest absolute Gasteiger partial charge is 0.155 e. The molecule has 5 rings (SSSR count). The summed E-state index contributed by atoms with van der Waals surface area (Å²) in [5, 5.41) is 10.6. The molecule has 0 fully saturated rings. The van der Waals surface area contributed by atoms with E-state index in [0.29, 0.717) is 5.56 Å². The molecular formula is C29H25FIrNO2-. The van der Waals surface area contributed by atoms with Gasteiger partial charge in [-0.25, -0.2) is 4.39 Å². The number of carbonyl (C=O) groups is 1. The van der Waals surface area contributed by atoms with Gasteiger partial charge < -0.3 is 10.1 Å². The molecule has 1 aliphatic carbocycles. The Morgan fingerprint density at radius 3 is 2.38 bits per heavy atom. The van der Waals surface area contributed by atoms with E-state index in [9.17, 15) is 9.18 Å². The second-order valence-electron chi connectivity index (χ2n) is 8.71. The first-order valence-corrected chi connectivity index (χ1v) is 10.8. The van der Waals surface area contributed by atoms with Gasteiger partial charge in [-0.1, -0.05) is 67.9 Å². The number of benzene rings is 3. The number of aromatic nitrogens is 1. The van der Waals surface area contributed by atoms with E-state index in [1.807, 2.05) is 24.4 Å². The molecule has 0 saturated carbocycles. The van der Waals surface area contributed by atoms with Crippen LogP contribution in [0, 0.1) is 11.9 Å². The summed E-state index contributed by atoms with van der Waals surface area (Å²) in [6, 6.07) is 22.9. The van der Waals surface area contributed by atoms with Gasteiger partial charge in [-0.15, -0.1) is 23.8 Å². The van der Waals surface area contributed by atoms with Gasteiger partial charge in [0.05, 0.1) is 5.76 Å². The van der Waals surface area contributed by atoms with Gasteiger partial charge in [0.15, 0.2) is 5.78 Å². The van der Waals surface area contributed by atoms with Crippen molar-refractivity contribution in [1.82, 2.24) is 4.98 Å². The van der Waals surface area contributed by atoms with Crippen molar-refractivity contribution in [3.63, 3.8) is 0 Å². The maximum absolute atomic E-state index is 14.7. The van der Waals surface area contributed by atoms with Gasteiger partial charge in [-0.05, 0) is 46.9 Å². The van der Waals surface area contributed by atoms with E-state index in [1.165, 1.54) is 26.0 Å². The number of nitrogens with zero attached hydrogens (tertiary/aromatic N) is 1. The molecule has 0 spiro atoms. The predicted molar refractivity (Wildman–Crippen MR) is 131 cm³/mol. The minimum Gasteiger partial charge on any atom is -0.512 e. The fourth-order valence-electron chi connectivity index (χ4n) is 4.55. The maximum atomic E-state index is 14.7. The van der Waals surface area contributed by atoms with Gasteiger partial charge in [0, 0.05) is 43.8 Å². The topological polar surface area (TPSA) is 50.2 Å². The predicted octanol–water partition coefficient (Wildman–Crippen LogP) is 7.18. The van der Waals surface area contributed by atoms with Gasteiger partial charge in [-0.2, -0.15) is 0 Å². The van der Waals surface area contributed by atoms with E-state index in [0.717, 1.165) is 38.7 Å². The number of ketones is 1.